The lowest BCUT2D eigenvalue weighted by atomic mass is 9.81. The van der Waals surface area contributed by atoms with E-state index in [1.54, 1.807) is 6.20 Å². The van der Waals surface area contributed by atoms with Crippen molar-refractivity contribution in [3.63, 3.8) is 0 Å². The summed E-state index contributed by atoms with van der Waals surface area (Å²) in [6.07, 6.45) is 11.1. The molecule has 2 aliphatic rings. The minimum Gasteiger partial charge on any atom is -0.367 e. The molecule has 2 bridgehead atoms. The van der Waals surface area contributed by atoms with Crippen LogP contribution in [0.25, 0.3) is 10.9 Å². The molecule has 0 aliphatic carbocycles. The van der Waals surface area contributed by atoms with E-state index in [1.807, 2.05) is 43.6 Å². The fourth-order valence-corrected chi connectivity index (χ4v) is 5.76. The Morgan fingerprint density at radius 1 is 1.14 bits per heavy atom. The Morgan fingerprint density at radius 3 is 2.78 bits per heavy atom. The normalized spacial score (nSPS) is 21.7. The quantitative estimate of drug-likeness (QED) is 0.365. The van der Waals surface area contributed by atoms with Gasteiger partial charge in [0.15, 0.2) is 5.82 Å². The molecular weight excluding hydrogens is 450 g/mol. The van der Waals surface area contributed by atoms with Crippen molar-refractivity contribution in [1.29, 1.82) is 5.26 Å². The topological polar surface area (TPSA) is 118 Å². The second kappa shape index (κ2) is 9.55. The van der Waals surface area contributed by atoms with Crippen LogP contribution in [0.15, 0.2) is 48.9 Å². The highest BCUT2D eigenvalue weighted by atomic mass is 15.2. The third-order valence-corrected chi connectivity index (χ3v) is 7.32. The van der Waals surface area contributed by atoms with Gasteiger partial charge in [0, 0.05) is 66.5 Å². The van der Waals surface area contributed by atoms with Gasteiger partial charge < -0.3 is 10.6 Å². The Hall–Kier alpha value is -4.03. The highest BCUT2D eigenvalue weighted by Crippen LogP contribution is 2.37. The summed E-state index contributed by atoms with van der Waals surface area (Å²) in [7, 11) is 0. The van der Waals surface area contributed by atoms with Gasteiger partial charge >= 0.3 is 0 Å². The van der Waals surface area contributed by atoms with Crippen LogP contribution in [0.2, 0.25) is 0 Å². The minimum atomic E-state index is 0.332. The van der Waals surface area contributed by atoms with Gasteiger partial charge in [-0.05, 0) is 56.4 Å². The number of nitriles is 1. The van der Waals surface area contributed by atoms with E-state index in [2.05, 4.69) is 47.8 Å². The van der Waals surface area contributed by atoms with E-state index in [0.717, 1.165) is 59.0 Å². The molecule has 0 radical (unpaired) electrons. The highest BCUT2D eigenvalue weighted by molar-refractivity contribution is 5.91. The van der Waals surface area contributed by atoms with Gasteiger partial charge in [0.25, 0.3) is 0 Å². The van der Waals surface area contributed by atoms with E-state index in [0.29, 0.717) is 23.7 Å². The third kappa shape index (κ3) is 4.60. The van der Waals surface area contributed by atoms with E-state index in [4.69, 9.17) is 4.98 Å². The average Bonchev–Trinajstić information content (AvgIpc) is 3.29. The van der Waals surface area contributed by atoms with Crippen molar-refractivity contribution < 1.29 is 0 Å². The van der Waals surface area contributed by atoms with Crippen LogP contribution in [0.3, 0.4) is 0 Å². The first kappa shape index (κ1) is 22.4. The average molecular weight is 480 g/mol. The molecule has 3 N–H and O–H groups in total. The number of piperidine rings is 2. The molecule has 6 rings (SSSR count). The zero-order chi connectivity index (χ0) is 24.5. The number of hydrogen-bond donors (Lipinski definition) is 3. The number of nitrogens with one attached hydrogen (secondary N) is 3. The molecule has 182 valence electrons. The number of nitrogens with zero attached hydrogens (tertiary/aromatic N) is 6. The number of aryl methyl sites for hydroxylation is 1. The molecule has 3 atom stereocenters. The van der Waals surface area contributed by atoms with Crippen molar-refractivity contribution in [3.8, 4) is 6.07 Å². The number of aromatic amines is 1. The second-order valence-corrected chi connectivity index (χ2v) is 9.90. The fraction of sp³-hybridized carbons (Fsp3) is 0.370. The molecule has 0 amide bonds. The Balaban J connectivity index is 1.22. The predicted molar refractivity (Wildman–Crippen MR) is 139 cm³/mol. The Labute approximate surface area is 210 Å². The van der Waals surface area contributed by atoms with E-state index in [9.17, 15) is 5.26 Å². The van der Waals surface area contributed by atoms with Gasteiger partial charge in [-0.1, -0.05) is 6.42 Å². The van der Waals surface area contributed by atoms with Crippen molar-refractivity contribution in [2.24, 2.45) is 0 Å². The van der Waals surface area contributed by atoms with Crippen LogP contribution >= 0.6 is 0 Å². The van der Waals surface area contributed by atoms with Gasteiger partial charge in [-0.2, -0.15) is 10.4 Å². The summed E-state index contributed by atoms with van der Waals surface area (Å²) in [6.45, 7) is 2.82. The molecule has 36 heavy (non-hydrogen) atoms. The van der Waals surface area contributed by atoms with Crippen molar-refractivity contribution >= 4 is 28.4 Å². The molecule has 4 aromatic rings. The van der Waals surface area contributed by atoms with Crippen LogP contribution < -0.4 is 10.6 Å². The number of fused-ring (bicyclic) bond motifs is 3. The maximum absolute atomic E-state index is 9.25. The molecule has 0 saturated carbocycles. The largest absolute Gasteiger partial charge is 0.367 e. The molecule has 2 fully saturated rings. The lowest BCUT2D eigenvalue weighted by molar-refractivity contribution is 0.0276. The first-order valence-electron chi connectivity index (χ1n) is 12.6. The van der Waals surface area contributed by atoms with Crippen molar-refractivity contribution in [3.05, 3.63) is 65.7 Å². The Kier molecular flexibility index (Phi) is 5.95. The van der Waals surface area contributed by atoms with E-state index >= 15 is 0 Å². The minimum absolute atomic E-state index is 0.332. The smallest absolute Gasteiger partial charge is 0.153 e. The van der Waals surface area contributed by atoms with Gasteiger partial charge in [0.1, 0.15) is 17.7 Å². The summed E-state index contributed by atoms with van der Waals surface area (Å²) in [5.74, 6) is 2.31. The SMILES string of the molecule is Cc1cc(Nc2cc3ncccc3c(NC3C[C@H]4CCC[C@@H](C3)N4Cc3cncc(C#N)c3)n2)n[nH]1. The highest BCUT2D eigenvalue weighted by Gasteiger charge is 2.38. The first-order chi connectivity index (χ1) is 17.6. The Morgan fingerprint density at radius 2 is 2.00 bits per heavy atom. The monoisotopic (exact) mass is 479 g/mol. The van der Waals surface area contributed by atoms with Gasteiger partial charge in [-0.3, -0.25) is 20.0 Å². The summed E-state index contributed by atoms with van der Waals surface area (Å²) >= 11 is 0. The van der Waals surface area contributed by atoms with E-state index in [-0.39, 0.29) is 0 Å². The van der Waals surface area contributed by atoms with E-state index < -0.39 is 0 Å². The second-order valence-electron chi connectivity index (χ2n) is 9.90. The molecular formula is C27H29N9. The Bertz CT molecular complexity index is 1410. The number of rotatable bonds is 6. The van der Waals surface area contributed by atoms with Gasteiger partial charge in [-0.25, -0.2) is 4.98 Å². The number of hydrogen-bond acceptors (Lipinski definition) is 8. The maximum Gasteiger partial charge on any atom is 0.153 e. The molecule has 9 heteroatoms. The number of H-pyrrole nitrogens is 1. The fourth-order valence-electron chi connectivity index (χ4n) is 5.76. The molecule has 2 aliphatic heterocycles. The number of pyridine rings is 3. The lowest BCUT2D eigenvalue weighted by Gasteiger charge is -2.49. The third-order valence-electron chi connectivity index (χ3n) is 7.32. The molecule has 6 heterocycles. The van der Waals surface area contributed by atoms with Crippen LogP contribution in [-0.2, 0) is 6.54 Å². The van der Waals surface area contributed by atoms with Crippen LogP contribution in [0.1, 0.15) is 48.9 Å². The zero-order valence-corrected chi connectivity index (χ0v) is 20.3. The maximum atomic E-state index is 9.25. The zero-order valence-electron chi connectivity index (χ0n) is 20.3. The van der Waals surface area contributed by atoms with Crippen molar-refractivity contribution in [2.75, 3.05) is 10.6 Å². The van der Waals surface area contributed by atoms with Gasteiger partial charge in [0.2, 0.25) is 0 Å². The summed E-state index contributed by atoms with van der Waals surface area (Å²) in [6, 6.07) is 13.5. The van der Waals surface area contributed by atoms with Crippen molar-refractivity contribution in [2.45, 2.75) is 63.7 Å². The van der Waals surface area contributed by atoms with Crippen LogP contribution in [-0.4, -0.2) is 48.2 Å². The number of anilines is 3. The standard InChI is InChI=1S/C27H29N9/c1-17-8-26(35-34-17)32-25-12-24-23(6-3-7-30-24)27(33-25)31-20-10-21-4-2-5-22(11-20)36(21)16-19-9-18(13-28)14-29-15-19/h3,6-9,12,14-15,20-22H,2,4-5,10-11,16H2,1H3,(H3,31,32,33,34,35)/t20?,21-,22+. The summed E-state index contributed by atoms with van der Waals surface area (Å²) < 4.78 is 0. The molecule has 9 nitrogen and oxygen atoms in total. The summed E-state index contributed by atoms with van der Waals surface area (Å²) in [4.78, 5) is 16.4. The van der Waals surface area contributed by atoms with Gasteiger partial charge in [0.05, 0.1) is 11.1 Å². The van der Waals surface area contributed by atoms with Crippen LogP contribution in [0, 0.1) is 18.3 Å². The first-order valence-corrected chi connectivity index (χ1v) is 12.6. The predicted octanol–water partition coefficient (Wildman–Crippen LogP) is 4.67. The van der Waals surface area contributed by atoms with Crippen molar-refractivity contribution in [1.82, 2.24) is 30.0 Å². The van der Waals surface area contributed by atoms with E-state index in [1.165, 1.54) is 19.3 Å². The molecule has 4 aromatic heterocycles. The summed E-state index contributed by atoms with van der Waals surface area (Å²) in [5.41, 5.74) is 3.62. The van der Waals surface area contributed by atoms with Gasteiger partial charge in [-0.15, -0.1) is 0 Å². The molecule has 1 unspecified atom stereocenters. The lowest BCUT2D eigenvalue weighted by Crippen LogP contribution is -2.54. The number of aromatic nitrogens is 5. The van der Waals surface area contributed by atoms with Crippen LogP contribution in [0.4, 0.5) is 17.5 Å². The van der Waals surface area contributed by atoms with Crippen LogP contribution in [0.5, 0.6) is 0 Å². The molecule has 2 saturated heterocycles. The molecule has 0 aromatic carbocycles. The summed E-state index contributed by atoms with van der Waals surface area (Å²) in [5, 5.41) is 24.6. The molecule has 0 spiro atoms.